The molecule has 118 valence electrons. The van der Waals surface area contributed by atoms with E-state index in [-0.39, 0.29) is 16.8 Å². The molecule has 0 heterocycles. The second kappa shape index (κ2) is 7.17. The van der Waals surface area contributed by atoms with Crippen LogP contribution >= 0.6 is 0 Å². The van der Waals surface area contributed by atoms with Gasteiger partial charge in [-0.15, -0.1) is 0 Å². The summed E-state index contributed by atoms with van der Waals surface area (Å²) in [6.45, 7) is 2.18. The molecule has 0 bridgehead atoms. The SMILES string of the molecule is CCOc1ccccc1C(=O)NC(=O)c1ccc([N+](=O)[O-])cc1. The highest BCUT2D eigenvalue weighted by Gasteiger charge is 2.16. The Morgan fingerprint density at radius 2 is 1.74 bits per heavy atom. The number of amides is 2. The lowest BCUT2D eigenvalue weighted by atomic mass is 10.1. The number of rotatable bonds is 5. The third kappa shape index (κ3) is 3.91. The molecule has 0 atom stereocenters. The summed E-state index contributed by atoms with van der Waals surface area (Å²) in [6.07, 6.45) is 0. The lowest BCUT2D eigenvalue weighted by molar-refractivity contribution is -0.384. The van der Waals surface area contributed by atoms with Crippen LogP contribution in [0.2, 0.25) is 0 Å². The number of para-hydroxylation sites is 1. The number of nitrogens with zero attached hydrogens (tertiary/aromatic N) is 1. The van der Waals surface area contributed by atoms with E-state index in [1.54, 1.807) is 31.2 Å². The predicted molar refractivity (Wildman–Crippen MR) is 82.5 cm³/mol. The van der Waals surface area contributed by atoms with Gasteiger partial charge in [0, 0.05) is 17.7 Å². The standard InChI is InChI=1S/C16H14N2O5/c1-2-23-14-6-4-3-5-13(14)16(20)17-15(19)11-7-9-12(10-8-11)18(21)22/h3-10H,2H2,1H3,(H,17,19,20). The van der Waals surface area contributed by atoms with E-state index in [2.05, 4.69) is 5.32 Å². The Labute approximate surface area is 132 Å². The second-order valence-electron chi connectivity index (χ2n) is 4.52. The van der Waals surface area contributed by atoms with Crippen LogP contribution in [0.3, 0.4) is 0 Å². The van der Waals surface area contributed by atoms with Crippen LogP contribution in [0.15, 0.2) is 48.5 Å². The summed E-state index contributed by atoms with van der Waals surface area (Å²) in [4.78, 5) is 34.2. The highest BCUT2D eigenvalue weighted by molar-refractivity contribution is 6.11. The Morgan fingerprint density at radius 1 is 1.09 bits per heavy atom. The number of nitro benzene ring substituents is 1. The van der Waals surface area contributed by atoms with Crippen molar-refractivity contribution in [2.75, 3.05) is 6.61 Å². The molecule has 7 heteroatoms. The molecule has 0 radical (unpaired) electrons. The zero-order chi connectivity index (χ0) is 16.8. The quantitative estimate of drug-likeness (QED) is 0.519. The molecule has 0 fully saturated rings. The average molecular weight is 314 g/mol. The van der Waals surface area contributed by atoms with Gasteiger partial charge in [-0.3, -0.25) is 25.0 Å². The number of ether oxygens (including phenoxy) is 1. The third-order valence-electron chi connectivity index (χ3n) is 3.00. The summed E-state index contributed by atoms with van der Waals surface area (Å²) in [7, 11) is 0. The van der Waals surface area contributed by atoms with Gasteiger partial charge in [-0.25, -0.2) is 0 Å². The lowest BCUT2D eigenvalue weighted by Gasteiger charge is -2.09. The molecule has 0 unspecified atom stereocenters. The molecule has 0 aromatic heterocycles. The van der Waals surface area contributed by atoms with Crippen molar-refractivity contribution in [1.29, 1.82) is 0 Å². The topological polar surface area (TPSA) is 98.5 Å². The van der Waals surface area contributed by atoms with Gasteiger partial charge in [0.15, 0.2) is 0 Å². The maximum atomic E-state index is 12.2. The lowest BCUT2D eigenvalue weighted by Crippen LogP contribution is -2.30. The average Bonchev–Trinajstić information content (AvgIpc) is 2.55. The number of imide groups is 1. The van der Waals surface area contributed by atoms with Crippen molar-refractivity contribution >= 4 is 17.5 Å². The highest BCUT2D eigenvalue weighted by Crippen LogP contribution is 2.18. The first kappa shape index (κ1) is 16.2. The van der Waals surface area contributed by atoms with Gasteiger partial charge in [0.25, 0.3) is 17.5 Å². The van der Waals surface area contributed by atoms with Crippen LogP contribution in [0.5, 0.6) is 5.75 Å². The molecule has 2 aromatic rings. The first-order valence-corrected chi connectivity index (χ1v) is 6.85. The van der Waals surface area contributed by atoms with Gasteiger partial charge < -0.3 is 4.74 Å². The van der Waals surface area contributed by atoms with Crippen LogP contribution in [0, 0.1) is 10.1 Å². The van der Waals surface area contributed by atoms with E-state index >= 15 is 0 Å². The van der Waals surface area contributed by atoms with Crippen molar-refractivity contribution in [3.05, 3.63) is 69.8 Å². The number of carbonyl (C=O) groups is 2. The van der Waals surface area contributed by atoms with Gasteiger partial charge in [0.05, 0.1) is 17.1 Å². The van der Waals surface area contributed by atoms with Gasteiger partial charge in [-0.1, -0.05) is 12.1 Å². The summed E-state index contributed by atoms with van der Waals surface area (Å²) >= 11 is 0. The number of nitro groups is 1. The van der Waals surface area contributed by atoms with Gasteiger partial charge in [-0.05, 0) is 31.2 Å². The Kier molecular flexibility index (Phi) is 5.03. The fourth-order valence-corrected chi connectivity index (χ4v) is 1.91. The van der Waals surface area contributed by atoms with Crippen LogP contribution in [0.1, 0.15) is 27.6 Å². The molecule has 7 nitrogen and oxygen atoms in total. The van der Waals surface area contributed by atoms with Gasteiger partial charge in [-0.2, -0.15) is 0 Å². The van der Waals surface area contributed by atoms with Gasteiger partial charge in [0.2, 0.25) is 0 Å². The number of hydrogen-bond acceptors (Lipinski definition) is 5. The molecule has 0 aliphatic heterocycles. The maximum absolute atomic E-state index is 12.2. The fraction of sp³-hybridized carbons (Fsp3) is 0.125. The third-order valence-corrected chi connectivity index (χ3v) is 3.00. The molecule has 2 aromatic carbocycles. The van der Waals surface area contributed by atoms with E-state index in [4.69, 9.17) is 4.74 Å². The molecule has 23 heavy (non-hydrogen) atoms. The fourth-order valence-electron chi connectivity index (χ4n) is 1.91. The minimum absolute atomic E-state index is 0.130. The number of carbonyl (C=O) groups excluding carboxylic acids is 2. The summed E-state index contributed by atoms with van der Waals surface area (Å²) in [5, 5.41) is 12.8. The predicted octanol–water partition coefficient (Wildman–Crippen LogP) is 2.56. The first-order valence-electron chi connectivity index (χ1n) is 6.85. The van der Waals surface area contributed by atoms with E-state index in [1.165, 1.54) is 24.3 Å². The van der Waals surface area contributed by atoms with Crippen molar-refractivity contribution in [3.63, 3.8) is 0 Å². The van der Waals surface area contributed by atoms with Crippen molar-refractivity contribution in [2.45, 2.75) is 6.92 Å². The minimum atomic E-state index is -0.642. The Hall–Kier alpha value is -3.22. The van der Waals surface area contributed by atoms with Crippen LogP contribution in [0.25, 0.3) is 0 Å². The summed E-state index contributed by atoms with van der Waals surface area (Å²) < 4.78 is 5.34. The van der Waals surface area contributed by atoms with Crippen LogP contribution < -0.4 is 10.1 Å². The Balaban J connectivity index is 2.13. The van der Waals surface area contributed by atoms with E-state index in [1.807, 2.05) is 0 Å². The second-order valence-corrected chi connectivity index (χ2v) is 4.52. The number of non-ortho nitro benzene ring substituents is 1. The zero-order valence-corrected chi connectivity index (χ0v) is 12.3. The van der Waals surface area contributed by atoms with Gasteiger partial charge >= 0.3 is 0 Å². The van der Waals surface area contributed by atoms with Gasteiger partial charge in [0.1, 0.15) is 5.75 Å². The van der Waals surface area contributed by atoms with Crippen LogP contribution in [-0.2, 0) is 0 Å². The smallest absolute Gasteiger partial charge is 0.269 e. The molecule has 2 amide bonds. The summed E-state index contributed by atoms with van der Waals surface area (Å²) in [5.41, 5.74) is 0.261. The van der Waals surface area contributed by atoms with Crippen molar-refractivity contribution < 1.29 is 19.2 Å². The Morgan fingerprint density at radius 3 is 2.35 bits per heavy atom. The summed E-state index contributed by atoms with van der Waals surface area (Å²) in [6, 6.07) is 11.5. The molecule has 0 saturated heterocycles. The zero-order valence-electron chi connectivity index (χ0n) is 12.3. The maximum Gasteiger partial charge on any atom is 0.269 e. The van der Waals surface area contributed by atoms with Crippen molar-refractivity contribution in [3.8, 4) is 5.75 Å². The molecule has 0 aliphatic carbocycles. The van der Waals surface area contributed by atoms with E-state index < -0.39 is 16.7 Å². The van der Waals surface area contributed by atoms with E-state index in [9.17, 15) is 19.7 Å². The molecule has 2 rings (SSSR count). The first-order chi connectivity index (χ1) is 11.0. The van der Waals surface area contributed by atoms with Crippen molar-refractivity contribution in [2.24, 2.45) is 0 Å². The molecule has 1 N–H and O–H groups in total. The normalized spacial score (nSPS) is 9.96. The Bertz CT molecular complexity index is 740. The minimum Gasteiger partial charge on any atom is -0.493 e. The number of nitrogens with one attached hydrogen (secondary N) is 1. The number of benzene rings is 2. The highest BCUT2D eigenvalue weighted by atomic mass is 16.6. The van der Waals surface area contributed by atoms with Crippen LogP contribution in [0.4, 0.5) is 5.69 Å². The monoisotopic (exact) mass is 314 g/mol. The molecular weight excluding hydrogens is 300 g/mol. The van der Waals surface area contributed by atoms with E-state index in [0.717, 1.165) is 0 Å². The molecule has 0 spiro atoms. The van der Waals surface area contributed by atoms with Crippen LogP contribution in [-0.4, -0.2) is 23.3 Å². The summed E-state index contributed by atoms with van der Waals surface area (Å²) in [5.74, 6) is -0.863. The molecule has 0 saturated carbocycles. The van der Waals surface area contributed by atoms with E-state index in [0.29, 0.717) is 12.4 Å². The largest absolute Gasteiger partial charge is 0.493 e. The molecule has 0 aliphatic rings. The van der Waals surface area contributed by atoms with Crippen molar-refractivity contribution in [1.82, 2.24) is 5.32 Å². The number of hydrogen-bond donors (Lipinski definition) is 1. The molecular formula is C16H14N2O5.